The highest BCUT2D eigenvalue weighted by Crippen LogP contribution is 2.37. The van der Waals surface area contributed by atoms with Gasteiger partial charge in [0.15, 0.2) is 9.84 Å². The SMILES string of the molecule is COc1cc(S(C)(=O)=O)ccc1NCC#Cc1nc2c(-c3[nH]nc4c3[C@@H](F)CN(C)C4)cccn2c1CC(F)(F)F. The number of anilines is 1. The van der Waals surface area contributed by atoms with Gasteiger partial charge in [0, 0.05) is 42.7 Å². The van der Waals surface area contributed by atoms with Crippen molar-refractivity contribution in [3.05, 3.63) is 59.2 Å². The standard InChI is InChI=1S/C27H26F4N6O3S/c1-36-14-18(28)24-21(15-36)34-35-25(24)17-6-5-11-37-22(13-27(29,30)31)19(33-26(17)37)7-4-10-32-20-9-8-16(41(3,38)39)12-23(20)40-2/h5-6,8-9,11-12,18,32H,10,13-15H2,1-3H3,(H,34,35)/t18-/m0/s1. The predicted molar refractivity (Wildman–Crippen MR) is 144 cm³/mol. The lowest BCUT2D eigenvalue weighted by atomic mass is 9.99. The molecule has 216 valence electrons. The maximum Gasteiger partial charge on any atom is 0.394 e. The summed E-state index contributed by atoms with van der Waals surface area (Å²) in [6.07, 6.45) is -4.58. The number of nitrogens with one attached hydrogen (secondary N) is 2. The molecule has 4 aromatic rings. The summed E-state index contributed by atoms with van der Waals surface area (Å²) in [6.45, 7) is 0.614. The number of aromatic nitrogens is 4. The number of likely N-dealkylation sites (N-methyl/N-ethyl adjacent to an activating group) is 1. The van der Waals surface area contributed by atoms with E-state index in [1.165, 1.54) is 35.9 Å². The molecule has 1 aromatic carbocycles. The molecule has 0 saturated carbocycles. The van der Waals surface area contributed by atoms with Gasteiger partial charge in [0.25, 0.3) is 0 Å². The van der Waals surface area contributed by atoms with E-state index in [0.29, 0.717) is 34.7 Å². The molecule has 0 saturated heterocycles. The van der Waals surface area contributed by atoms with Crippen molar-refractivity contribution in [1.29, 1.82) is 0 Å². The van der Waals surface area contributed by atoms with Gasteiger partial charge in [-0.15, -0.1) is 0 Å². The molecule has 5 rings (SSSR count). The van der Waals surface area contributed by atoms with Crippen molar-refractivity contribution in [2.75, 3.05) is 38.8 Å². The molecule has 0 aliphatic carbocycles. The number of hydrogen-bond acceptors (Lipinski definition) is 7. The van der Waals surface area contributed by atoms with Crippen LogP contribution in [0.25, 0.3) is 16.9 Å². The molecule has 41 heavy (non-hydrogen) atoms. The lowest BCUT2D eigenvalue weighted by Gasteiger charge is -2.25. The van der Waals surface area contributed by atoms with Gasteiger partial charge in [-0.1, -0.05) is 5.92 Å². The molecule has 3 aromatic heterocycles. The van der Waals surface area contributed by atoms with Crippen LogP contribution < -0.4 is 10.1 Å². The quantitative estimate of drug-likeness (QED) is 0.257. The van der Waals surface area contributed by atoms with Crippen LogP contribution in [-0.4, -0.2) is 72.6 Å². The van der Waals surface area contributed by atoms with Crippen LogP contribution in [0.3, 0.4) is 0 Å². The molecule has 2 N–H and O–H groups in total. The minimum Gasteiger partial charge on any atom is -0.495 e. The van der Waals surface area contributed by atoms with E-state index >= 15 is 4.39 Å². The maximum absolute atomic E-state index is 15.0. The Balaban J connectivity index is 1.50. The number of aromatic amines is 1. The molecule has 1 aliphatic heterocycles. The summed E-state index contributed by atoms with van der Waals surface area (Å²) in [4.78, 5) is 6.32. The van der Waals surface area contributed by atoms with Gasteiger partial charge in [0.05, 0.1) is 47.7 Å². The molecular weight excluding hydrogens is 564 g/mol. The van der Waals surface area contributed by atoms with E-state index in [-0.39, 0.29) is 40.8 Å². The number of pyridine rings is 1. The summed E-state index contributed by atoms with van der Waals surface area (Å²) in [5, 5.41) is 10.1. The van der Waals surface area contributed by atoms with E-state index in [1.54, 1.807) is 24.1 Å². The van der Waals surface area contributed by atoms with Gasteiger partial charge in [-0.2, -0.15) is 18.3 Å². The average Bonchev–Trinajstić information content (AvgIpc) is 3.46. The number of rotatable bonds is 6. The molecule has 14 heteroatoms. The number of halogens is 4. The summed E-state index contributed by atoms with van der Waals surface area (Å²) >= 11 is 0. The molecule has 0 unspecified atom stereocenters. The first-order valence-corrected chi connectivity index (χ1v) is 14.3. The Morgan fingerprint density at radius 3 is 2.76 bits per heavy atom. The number of ether oxygens (including phenoxy) is 1. The van der Waals surface area contributed by atoms with Crippen LogP contribution in [0, 0.1) is 11.8 Å². The molecule has 1 atom stereocenters. The number of H-pyrrole nitrogens is 1. The van der Waals surface area contributed by atoms with Gasteiger partial charge in [-0.3, -0.25) is 10.00 Å². The molecule has 0 spiro atoms. The molecule has 4 heterocycles. The second-order valence-electron chi connectivity index (χ2n) is 9.73. The Hall–Kier alpha value is -4.09. The number of hydrogen-bond donors (Lipinski definition) is 2. The van der Waals surface area contributed by atoms with E-state index in [1.807, 2.05) is 0 Å². The number of benzene rings is 1. The zero-order valence-electron chi connectivity index (χ0n) is 22.3. The summed E-state index contributed by atoms with van der Waals surface area (Å²) in [5.41, 5.74) is 2.14. The van der Waals surface area contributed by atoms with Crippen molar-refractivity contribution in [3.63, 3.8) is 0 Å². The lowest BCUT2D eigenvalue weighted by Crippen LogP contribution is -2.28. The summed E-state index contributed by atoms with van der Waals surface area (Å²) in [5.74, 6) is 5.78. The van der Waals surface area contributed by atoms with Crippen molar-refractivity contribution in [3.8, 4) is 28.8 Å². The number of fused-ring (bicyclic) bond motifs is 2. The molecule has 0 radical (unpaired) electrons. The van der Waals surface area contributed by atoms with Crippen molar-refractivity contribution in [2.24, 2.45) is 0 Å². The third-order valence-electron chi connectivity index (χ3n) is 6.65. The fourth-order valence-corrected chi connectivity index (χ4v) is 5.46. The molecule has 0 amide bonds. The topological polar surface area (TPSA) is 105 Å². The highest BCUT2D eigenvalue weighted by molar-refractivity contribution is 7.90. The van der Waals surface area contributed by atoms with Crippen molar-refractivity contribution < 1.29 is 30.7 Å². The Morgan fingerprint density at radius 2 is 2.05 bits per heavy atom. The van der Waals surface area contributed by atoms with E-state index in [9.17, 15) is 21.6 Å². The summed E-state index contributed by atoms with van der Waals surface area (Å²) in [7, 11) is -0.278. The van der Waals surface area contributed by atoms with E-state index < -0.39 is 28.6 Å². The number of alkyl halides is 4. The first-order valence-electron chi connectivity index (χ1n) is 12.4. The predicted octanol–water partition coefficient (Wildman–Crippen LogP) is 4.16. The van der Waals surface area contributed by atoms with Crippen molar-refractivity contribution >= 4 is 21.2 Å². The molecule has 0 bridgehead atoms. The van der Waals surface area contributed by atoms with Gasteiger partial charge in [-0.25, -0.2) is 17.8 Å². The minimum atomic E-state index is -4.53. The highest BCUT2D eigenvalue weighted by atomic mass is 32.2. The molecule has 1 aliphatic rings. The van der Waals surface area contributed by atoms with E-state index in [2.05, 4.69) is 32.3 Å². The largest absolute Gasteiger partial charge is 0.495 e. The van der Waals surface area contributed by atoms with Crippen LogP contribution >= 0.6 is 0 Å². The lowest BCUT2D eigenvalue weighted by molar-refractivity contribution is -0.128. The first kappa shape index (κ1) is 28.4. The average molecular weight is 591 g/mol. The van der Waals surface area contributed by atoms with Crippen LogP contribution in [0.2, 0.25) is 0 Å². The fourth-order valence-electron chi connectivity index (χ4n) is 4.82. The van der Waals surface area contributed by atoms with Crippen LogP contribution in [0.5, 0.6) is 5.75 Å². The van der Waals surface area contributed by atoms with Gasteiger partial charge < -0.3 is 14.5 Å². The van der Waals surface area contributed by atoms with E-state index in [0.717, 1.165) is 6.26 Å². The zero-order chi connectivity index (χ0) is 29.5. The van der Waals surface area contributed by atoms with Gasteiger partial charge in [0.2, 0.25) is 0 Å². The molecule has 0 fully saturated rings. The summed E-state index contributed by atoms with van der Waals surface area (Å²) in [6, 6.07) is 7.52. The van der Waals surface area contributed by atoms with Gasteiger partial charge >= 0.3 is 6.18 Å². The number of sulfone groups is 1. The molecular formula is C27H26F4N6O3S. The Kier molecular flexibility index (Phi) is 7.43. The fraction of sp³-hybridized carbons (Fsp3) is 0.333. The van der Waals surface area contributed by atoms with Crippen LogP contribution in [0.4, 0.5) is 23.2 Å². The number of imidazole rings is 1. The second-order valence-corrected chi connectivity index (χ2v) is 11.7. The van der Waals surface area contributed by atoms with Crippen LogP contribution in [0.1, 0.15) is 28.8 Å². The maximum atomic E-state index is 15.0. The van der Waals surface area contributed by atoms with Crippen LogP contribution in [0.15, 0.2) is 41.4 Å². The second kappa shape index (κ2) is 10.7. The molecule has 9 nitrogen and oxygen atoms in total. The normalized spacial score (nSPS) is 15.8. The Labute approximate surface area is 233 Å². The van der Waals surface area contributed by atoms with Crippen LogP contribution in [-0.2, 0) is 22.8 Å². The van der Waals surface area contributed by atoms with Crippen molar-refractivity contribution in [1.82, 2.24) is 24.5 Å². The van der Waals surface area contributed by atoms with Crippen molar-refractivity contribution in [2.45, 2.75) is 30.2 Å². The smallest absolute Gasteiger partial charge is 0.394 e. The van der Waals surface area contributed by atoms with E-state index in [4.69, 9.17) is 4.74 Å². The Bertz CT molecular complexity index is 1790. The van der Waals surface area contributed by atoms with Gasteiger partial charge in [0.1, 0.15) is 23.3 Å². The first-order chi connectivity index (χ1) is 19.4. The number of nitrogens with zero attached hydrogens (tertiary/aromatic N) is 4. The minimum absolute atomic E-state index is 0.00583. The third kappa shape index (κ3) is 5.86. The monoisotopic (exact) mass is 590 g/mol. The zero-order valence-corrected chi connectivity index (χ0v) is 23.1. The third-order valence-corrected chi connectivity index (χ3v) is 7.76. The van der Waals surface area contributed by atoms with Gasteiger partial charge in [-0.05, 0) is 37.2 Å². The highest BCUT2D eigenvalue weighted by Gasteiger charge is 2.33. The summed E-state index contributed by atoms with van der Waals surface area (Å²) < 4.78 is 86.1. The Morgan fingerprint density at radius 1 is 1.27 bits per heavy atom. The number of methoxy groups -OCH3 is 1.